The van der Waals surface area contributed by atoms with Crippen molar-refractivity contribution < 1.29 is 18.6 Å². The number of hydrogen-bond donors (Lipinski definition) is 0. The van der Waals surface area contributed by atoms with Crippen molar-refractivity contribution in [2.24, 2.45) is 0 Å². The Morgan fingerprint density at radius 1 is 1.05 bits per heavy atom. The average Bonchev–Trinajstić information content (AvgIpc) is 3.21. The number of benzene rings is 2. The average molecular weight is 288 g/mol. The van der Waals surface area contributed by atoms with Crippen LogP contribution in [0, 0.1) is 5.82 Å². The molecule has 21 heavy (non-hydrogen) atoms. The number of halogens is 1. The lowest BCUT2D eigenvalue weighted by Crippen LogP contribution is -2.06. The Bertz CT molecular complexity index is 597. The van der Waals surface area contributed by atoms with Crippen LogP contribution >= 0.6 is 0 Å². The first kappa shape index (κ1) is 13.9. The maximum atomic E-state index is 12.8. The van der Waals surface area contributed by atoms with Gasteiger partial charge in [0.05, 0.1) is 6.10 Å². The first-order valence-corrected chi connectivity index (χ1v) is 6.96. The van der Waals surface area contributed by atoms with E-state index >= 15 is 0 Å². The molecule has 0 amide bonds. The van der Waals surface area contributed by atoms with Crippen LogP contribution < -0.4 is 9.47 Å². The van der Waals surface area contributed by atoms with Gasteiger partial charge in [-0.3, -0.25) is 0 Å². The lowest BCUT2D eigenvalue weighted by molar-refractivity contribution is 0.257. The van der Waals surface area contributed by atoms with Crippen molar-refractivity contribution >= 4 is 0 Å². The topological polar surface area (TPSA) is 31.0 Å². The van der Waals surface area contributed by atoms with Crippen molar-refractivity contribution in [2.75, 3.05) is 6.61 Å². The zero-order valence-corrected chi connectivity index (χ0v) is 11.8. The Morgan fingerprint density at radius 2 is 1.71 bits per heavy atom. The summed E-state index contributed by atoms with van der Waals surface area (Å²) in [5.74, 6) is 1.24. The van der Waals surface area contributed by atoms with E-state index in [0.29, 0.717) is 19.3 Å². The van der Waals surface area contributed by atoms with E-state index in [4.69, 9.17) is 14.2 Å². The summed E-state index contributed by atoms with van der Waals surface area (Å²) in [5.41, 5.74) is 0.919. The smallest absolute Gasteiger partial charge is 0.123 e. The van der Waals surface area contributed by atoms with E-state index in [9.17, 15) is 4.39 Å². The van der Waals surface area contributed by atoms with E-state index in [0.717, 1.165) is 17.1 Å². The summed E-state index contributed by atoms with van der Waals surface area (Å²) in [5, 5.41) is 0. The maximum absolute atomic E-state index is 12.8. The Hall–Kier alpha value is -2.07. The molecule has 2 aromatic rings. The van der Waals surface area contributed by atoms with Gasteiger partial charge < -0.3 is 14.2 Å². The zero-order valence-electron chi connectivity index (χ0n) is 11.8. The molecular formula is C17H17FO3. The van der Waals surface area contributed by atoms with Gasteiger partial charge >= 0.3 is 0 Å². The molecule has 110 valence electrons. The van der Waals surface area contributed by atoms with Crippen LogP contribution in [0.4, 0.5) is 4.39 Å². The van der Waals surface area contributed by atoms with Gasteiger partial charge in [-0.25, -0.2) is 4.39 Å². The molecule has 0 saturated carbocycles. The molecule has 1 aliphatic rings. The van der Waals surface area contributed by atoms with Gasteiger partial charge in [-0.2, -0.15) is 0 Å². The second kappa shape index (κ2) is 6.14. The van der Waals surface area contributed by atoms with Crippen LogP contribution in [-0.2, 0) is 11.3 Å². The third-order valence-electron chi connectivity index (χ3n) is 3.37. The highest BCUT2D eigenvalue weighted by Gasteiger charge is 2.34. The first-order chi connectivity index (χ1) is 10.2. The molecule has 0 spiro atoms. The highest BCUT2D eigenvalue weighted by Crippen LogP contribution is 2.24. The van der Waals surface area contributed by atoms with Crippen LogP contribution in [0.25, 0.3) is 0 Å². The second-order valence-corrected chi connectivity index (χ2v) is 5.08. The molecule has 1 heterocycles. The van der Waals surface area contributed by atoms with Crippen LogP contribution in [0.2, 0.25) is 0 Å². The van der Waals surface area contributed by atoms with Crippen molar-refractivity contribution in [2.45, 2.75) is 25.7 Å². The summed E-state index contributed by atoms with van der Waals surface area (Å²) < 4.78 is 29.5. The summed E-state index contributed by atoms with van der Waals surface area (Å²) in [6.07, 6.45) is 0.497. The van der Waals surface area contributed by atoms with Gasteiger partial charge in [0.1, 0.15) is 36.6 Å². The van der Waals surface area contributed by atoms with Gasteiger partial charge in [-0.15, -0.1) is 0 Å². The molecule has 3 rings (SSSR count). The van der Waals surface area contributed by atoms with Gasteiger partial charge in [0.15, 0.2) is 0 Å². The molecule has 1 fully saturated rings. The van der Waals surface area contributed by atoms with Gasteiger partial charge in [-0.1, -0.05) is 18.2 Å². The molecule has 0 radical (unpaired) electrons. The van der Waals surface area contributed by atoms with E-state index in [1.807, 2.05) is 31.2 Å². The zero-order chi connectivity index (χ0) is 14.7. The lowest BCUT2D eigenvalue weighted by atomic mass is 10.2. The molecule has 0 N–H and O–H groups in total. The highest BCUT2D eigenvalue weighted by atomic mass is 19.1. The van der Waals surface area contributed by atoms with Crippen LogP contribution in [0.1, 0.15) is 12.5 Å². The van der Waals surface area contributed by atoms with Crippen molar-refractivity contribution in [1.29, 1.82) is 0 Å². The van der Waals surface area contributed by atoms with Crippen molar-refractivity contribution in [3.63, 3.8) is 0 Å². The molecule has 0 unspecified atom stereocenters. The quantitative estimate of drug-likeness (QED) is 0.761. The molecule has 0 bridgehead atoms. The number of rotatable bonds is 6. The highest BCUT2D eigenvalue weighted by molar-refractivity contribution is 5.33. The van der Waals surface area contributed by atoms with Gasteiger partial charge in [0, 0.05) is 6.07 Å². The Morgan fingerprint density at radius 3 is 2.38 bits per heavy atom. The maximum Gasteiger partial charge on any atom is 0.123 e. The summed E-state index contributed by atoms with van der Waals surface area (Å²) in [7, 11) is 0. The molecule has 3 nitrogen and oxygen atoms in total. The van der Waals surface area contributed by atoms with Crippen molar-refractivity contribution in [1.82, 2.24) is 0 Å². The minimum atomic E-state index is -0.245. The predicted octanol–water partition coefficient (Wildman–Crippen LogP) is 3.57. The van der Waals surface area contributed by atoms with Gasteiger partial charge in [-0.05, 0) is 36.8 Å². The Labute approximate surface area is 123 Å². The van der Waals surface area contributed by atoms with E-state index in [1.165, 1.54) is 12.1 Å². The first-order valence-electron chi connectivity index (χ1n) is 6.96. The normalized spacial score (nSPS) is 20.1. The summed E-state index contributed by atoms with van der Waals surface area (Å²) in [6, 6.07) is 13.8. The largest absolute Gasteiger partial charge is 0.491 e. The summed E-state index contributed by atoms with van der Waals surface area (Å²) in [6.45, 7) is 2.98. The summed E-state index contributed by atoms with van der Waals surface area (Å²) in [4.78, 5) is 0. The minimum absolute atomic E-state index is 0.203. The third kappa shape index (κ3) is 3.95. The standard InChI is InChI=1S/C17H17FO3/c1-12-17(21-12)11-20-16-4-2-3-15(9-16)19-10-13-5-7-14(18)8-6-13/h2-9,12,17H,10-11H2,1H3/t12-,17+/m1/s1. The number of hydrogen-bond acceptors (Lipinski definition) is 3. The molecule has 0 aromatic heterocycles. The Balaban J connectivity index is 1.54. The molecule has 1 aliphatic heterocycles. The fraction of sp³-hybridized carbons (Fsp3) is 0.294. The molecular weight excluding hydrogens is 271 g/mol. The number of ether oxygens (including phenoxy) is 3. The molecule has 2 aromatic carbocycles. The van der Waals surface area contributed by atoms with Crippen molar-refractivity contribution in [3.8, 4) is 11.5 Å². The van der Waals surface area contributed by atoms with Crippen LogP contribution in [-0.4, -0.2) is 18.8 Å². The fourth-order valence-corrected chi connectivity index (χ4v) is 1.98. The molecule has 0 aliphatic carbocycles. The summed E-state index contributed by atoms with van der Waals surface area (Å²) >= 11 is 0. The monoisotopic (exact) mass is 288 g/mol. The molecule has 1 saturated heterocycles. The van der Waals surface area contributed by atoms with Crippen LogP contribution in [0.3, 0.4) is 0 Å². The van der Waals surface area contributed by atoms with E-state index in [-0.39, 0.29) is 11.9 Å². The van der Waals surface area contributed by atoms with Gasteiger partial charge in [0.2, 0.25) is 0 Å². The lowest BCUT2D eigenvalue weighted by Gasteiger charge is -2.09. The van der Waals surface area contributed by atoms with E-state index in [2.05, 4.69) is 0 Å². The van der Waals surface area contributed by atoms with E-state index in [1.54, 1.807) is 12.1 Å². The van der Waals surface area contributed by atoms with Gasteiger partial charge in [0.25, 0.3) is 0 Å². The van der Waals surface area contributed by atoms with Crippen LogP contribution in [0.5, 0.6) is 11.5 Å². The number of epoxide rings is 1. The Kier molecular flexibility index (Phi) is 4.06. The SMILES string of the molecule is C[C@H]1O[C@H]1COc1cccc(OCc2ccc(F)cc2)c1. The molecule has 4 heteroatoms. The second-order valence-electron chi connectivity index (χ2n) is 5.08. The van der Waals surface area contributed by atoms with Crippen LogP contribution in [0.15, 0.2) is 48.5 Å². The fourth-order valence-electron chi connectivity index (χ4n) is 1.98. The predicted molar refractivity (Wildman–Crippen MR) is 77.0 cm³/mol. The minimum Gasteiger partial charge on any atom is -0.491 e. The third-order valence-corrected chi connectivity index (χ3v) is 3.37. The van der Waals surface area contributed by atoms with E-state index < -0.39 is 0 Å². The van der Waals surface area contributed by atoms with Crippen molar-refractivity contribution in [3.05, 3.63) is 59.9 Å². The molecule has 2 atom stereocenters.